The van der Waals surface area contributed by atoms with Crippen LogP contribution in [-0.4, -0.2) is 6.10 Å². The Labute approximate surface area is 126 Å². The third-order valence-electron chi connectivity index (χ3n) is 3.57. The minimum Gasteiger partial charge on any atom is -0.485 e. The molecule has 0 spiro atoms. The molecule has 0 amide bonds. The van der Waals surface area contributed by atoms with E-state index >= 15 is 0 Å². The highest BCUT2D eigenvalue weighted by atomic mass is 16.5. The minimum atomic E-state index is 0.167. The van der Waals surface area contributed by atoms with Crippen molar-refractivity contribution in [2.24, 2.45) is 0 Å². The van der Waals surface area contributed by atoms with Crippen molar-refractivity contribution in [3.05, 3.63) is 72.3 Å². The van der Waals surface area contributed by atoms with Gasteiger partial charge in [0.05, 0.1) is 0 Å². The molecule has 2 aromatic carbocycles. The van der Waals surface area contributed by atoms with Crippen LogP contribution in [0.25, 0.3) is 0 Å². The maximum Gasteiger partial charge on any atom is 0.162 e. The van der Waals surface area contributed by atoms with E-state index in [2.05, 4.69) is 24.3 Å². The van der Waals surface area contributed by atoms with Crippen LogP contribution in [0.3, 0.4) is 0 Å². The van der Waals surface area contributed by atoms with Crippen LogP contribution in [-0.2, 0) is 6.61 Å². The topological polar surface area (TPSA) is 18.5 Å². The number of ether oxygens (including phenoxy) is 2. The van der Waals surface area contributed by atoms with Crippen molar-refractivity contribution in [3.8, 4) is 11.5 Å². The molecule has 108 valence electrons. The Kier molecular flexibility index (Phi) is 4.57. The summed E-state index contributed by atoms with van der Waals surface area (Å²) in [6.45, 7) is 0.557. The molecular formula is C19H20O2. The van der Waals surface area contributed by atoms with Crippen LogP contribution in [0.15, 0.2) is 66.7 Å². The van der Waals surface area contributed by atoms with Crippen LogP contribution in [0, 0.1) is 0 Å². The highest BCUT2D eigenvalue weighted by Gasteiger charge is 2.12. The average Bonchev–Trinajstić information content (AvgIpc) is 2.56. The first-order valence-electron chi connectivity index (χ1n) is 7.51. The summed E-state index contributed by atoms with van der Waals surface area (Å²) in [6, 6.07) is 18.1. The first kappa shape index (κ1) is 13.7. The second-order valence-electron chi connectivity index (χ2n) is 5.24. The van der Waals surface area contributed by atoms with Crippen LogP contribution >= 0.6 is 0 Å². The Balaban J connectivity index is 1.67. The predicted molar refractivity (Wildman–Crippen MR) is 84.6 cm³/mol. The third-order valence-corrected chi connectivity index (χ3v) is 3.57. The van der Waals surface area contributed by atoms with E-state index in [1.807, 2.05) is 42.5 Å². The van der Waals surface area contributed by atoms with Crippen LogP contribution in [0.5, 0.6) is 11.5 Å². The van der Waals surface area contributed by atoms with Gasteiger partial charge in [-0.3, -0.25) is 0 Å². The van der Waals surface area contributed by atoms with Crippen LogP contribution in [0.2, 0.25) is 0 Å². The molecule has 0 bridgehead atoms. The van der Waals surface area contributed by atoms with Crippen molar-refractivity contribution < 1.29 is 9.47 Å². The zero-order valence-corrected chi connectivity index (χ0v) is 12.1. The van der Waals surface area contributed by atoms with Gasteiger partial charge in [-0.05, 0) is 43.0 Å². The van der Waals surface area contributed by atoms with E-state index in [-0.39, 0.29) is 6.10 Å². The number of para-hydroxylation sites is 2. The molecule has 21 heavy (non-hydrogen) atoms. The van der Waals surface area contributed by atoms with E-state index in [1.54, 1.807) is 0 Å². The van der Waals surface area contributed by atoms with Crippen molar-refractivity contribution in [2.75, 3.05) is 0 Å². The van der Waals surface area contributed by atoms with Gasteiger partial charge in [0.15, 0.2) is 11.5 Å². The van der Waals surface area contributed by atoms with Crippen molar-refractivity contribution in [1.29, 1.82) is 0 Å². The van der Waals surface area contributed by atoms with Crippen LogP contribution in [0.1, 0.15) is 24.8 Å². The summed E-state index contributed by atoms with van der Waals surface area (Å²) in [5, 5.41) is 0. The zero-order valence-electron chi connectivity index (χ0n) is 12.1. The normalized spacial score (nSPS) is 17.4. The van der Waals surface area contributed by atoms with E-state index in [9.17, 15) is 0 Å². The number of rotatable bonds is 5. The van der Waals surface area contributed by atoms with E-state index < -0.39 is 0 Å². The van der Waals surface area contributed by atoms with E-state index in [0.29, 0.717) is 6.61 Å². The molecule has 0 unspecified atom stereocenters. The molecule has 2 heteroatoms. The molecule has 2 aromatic rings. The molecule has 0 fully saturated rings. The fourth-order valence-electron chi connectivity index (χ4n) is 2.44. The number of hydrogen-bond donors (Lipinski definition) is 0. The molecule has 0 saturated heterocycles. The molecule has 1 aliphatic carbocycles. The molecule has 0 N–H and O–H groups in total. The highest BCUT2D eigenvalue weighted by Crippen LogP contribution is 2.30. The van der Waals surface area contributed by atoms with Gasteiger partial charge in [0.1, 0.15) is 12.7 Å². The van der Waals surface area contributed by atoms with E-state index in [0.717, 1.165) is 29.9 Å². The first-order valence-corrected chi connectivity index (χ1v) is 7.51. The molecule has 1 aliphatic rings. The van der Waals surface area contributed by atoms with Gasteiger partial charge in [-0.2, -0.15) is 0 Å². The summed E-state index contributed by atoms with van der Waals surface area (Å²) in [7, 11) is 0. The average molecular weight is 280 g/mol. The monoisotopic (exact) mass is 280 g/mol. The molecule has 1 atom stereocenters. The smallest absolute Gasteiger partial charge is 0.162 e. The van der Waals surface area contributed by atoms with Crippen LogP contribution in [0.4, 0.5) is 0 Å². The quantitative estimate of drug-likeness (QED) is 0.736. The molecule has 0 aliphatic heterocycles. The SMILES string of the molecule is C1=C[C@@H](Oc2ccccc2OCc2ccccc2)CCC1. The van der Waals surface area contributed by atoms with Gasteiger partial charge in [0.25, 0.3) is 0 Å². The molecule has 2 nitrogen and oxygen atoms in total. The van der Waals surface area contributed by atoms with Gasteiger partial charge >= 0.3 is 0 Å². The molecule has 0 saturated carbocycles. The summed E-state index contributed by atoms with van der Waals surface area (Å²) >= 11 is 0. The van der Waals surface area contributed by atoms with Crippen LogP contribution < -0.4 is 9.47 Å². The Bertz CT molecular complexity index is 590. The molecule has 0 heterocycles. The molecule has 3 rings (SSSR count). The number of benzene rings is 2. The summed E-state index contributed by atoms with van der Waals surface area (Å²) in [6.07, 6.45) is 7.93. The second kappa shape index (κ2) is 6.98. The second-order valence-corrected chi connectivity index (χ2v) is 5.24. The maximum atomic E-state index is 6.06. The molecule has 0 radical (unpaired) electrons. The molecular weight excluding hydrogens is 260 g/mol. The van der Waals surface area contributed by atoms with E-state index in [4.69, 9.17) is 9.47 Å². The summed E-state index contributed by atoms with van der Waals surface area (Å²) in [5.41, 5.74) is 1.16. The zero-order chi connectivity index (χ0) is 14.3. The van der Waals surface area contributed by atoms with E-state index in [1.165, 1.54) is 6.42 Å². The fraction of sp³-hybridized carbons (Fsp3) is 0.263. The summed E-state index contributed by atoms with van der Waals surface area (Å²) in [5.74, 6) is 1.63. The lowest BCUT2D eigenvalue weighted by Gasteiger charge is -2.20. The van der Waals surface area contributed by atoms with Gasteiger partial charge in [-0.1, -0.05) is 48.5 Å². The van der Waals surface area contributed by atoms with Gasteiger partial charge in [-0.15, -0.1) is 0 Å². The van der Waals surface area contributed by atoms with Crippen molar-refractivity contribution in [1.82, 2.24) is 0 Å². The predicted octanol–water partition coefficient (Wildman–Crippen LogP) is 4.75. The lowest BCUT2D eigenvalue weighted by Crippen LogP contribution is -2.16. The number of allylic oxidation sites excluding steroid dienone is 1. The Morgan fingerprint density at radius 1 is 0.905 bits per heavy atom. The van der Waals surface area contributed by atoms with Gasteiger partial charge in [0.2, 0.25) is 0 Å². The van der Waals surface area contributed by atoms with Gasteiger partial charge < -0.3 is 9.47 Å². The minimum absolute atomic E-state index is 0.167. The largest absolute Gasteiger partial charge is 0.485 e. The van der Waals surface area contributed by atoms with Gasteiger partial charge in [-0.25, -0.2) is 0 Å². The van der Waals surface area contributed by atoms with Crippen molar-refractivity contribution in [2.45, 2.75) is 32.0 Å². The van der Waals surface area contributed by atoms with Crippen molar-refractivity contribution >= 4 is 0 Å². The Morgan fingerprint density at radius 3 is 2.43 bits per heavy atom. The summed E-state index contributed by atoms with van der Waals surface area (Å²) < 4.78 is 12.0. The van der Waals surface area contributed by atoms with Crippen molar-refractivity contribution in [3.63, 3.8) is 0 Å². The Hall–Kier alpha value is -2.22. The highest BCUT2D eigenvalue weighted by molar-refractivity contribution is 5.40. The van der Waals surface area contributed by atoms with Gasteiger partial charge in [0, 0.05) is 0 Å². The number of hydrogen-bond acceptors (Lipinski definition) is 2. The lowest BCUT2D eigenvalue weighted by atomic mass is 10.1. The fourth-order valence-corrected chi connectivity index (χ4v) is 2.44. The maximum absolute atomic E-state index is 6.06. The summed E-state index contributed by atoms with van der Waals surface area (Å²) in [4.78, 5) is 0. The first-order chi connectivity index (χ1) is 10.4. The standard InChI is InChI=1S/C19H20O2/c1-3-9-16(10-4-1)15-20-18-13-7-8-14-19(18)21-17-11-5-2-6-12-17/h1,3-5,7-11,13-14,17H,2,6,12,15H2/t17-/m1/s1. The molecule has 0 aromatic heterocycles. The third kappa shape index (κ3) is 3.88. The lowest BCUT2D eigenvalue weighted by molar-refractivity contribution is 0.210. The Morgan fingerprint density at radius 2 is 1.67 bits per heavy atom.